The van der Waals surface area contributed by atoms with E-state index < -0.39 is 0 Å². The van der Waals surface area contributed by atoms with Crippen LogP contribution in [-0.2, 0) is 0 Å². The third kappa shape index (κ3) is 4.16. The Morgan fingerprint density at radius 2 is 0.667 bits per heavy atom. The van der Waals surface area contributed by atoms with Crippen LogP contribution in [0, 0.1) is 0 Å². The second kappa shape index (κ2) is 9.98. The molecule has 5 heteroatoms. The zero-order valence-corrected chi connectivity index (χ0v) is 22.5. The maximum absolute atomic E-state index is 5.08. The Balaban J connectivity index is 1.23. The fourth-order valence-corrected chi connectivity index (χ4v) is 5.51. The van der Waals surface area contributed by atoms with E-state index in [1.54, 1.807) is 0 Å². The van der Waals surface area contributed by atoms with Crippen LogP contribution >= 0.6 is 0 Å². The normalized spacial score (nSPS) is 11.3. The third-order valence-corrected chi connectivity index (χ3v) is 7.58. The molecule has 8 aromatic rings. The number of nitrogens with zero attached hydrogens (tertiary/aromatic N) is 5. The highest BCUT2D eigenvalue weighted by atomic mass is 15.0. The molecule has 42 heavy (non-hydrogen) atoms. The van der Waals surface area contributed by atoms with E-state index >= 15 is 0 Å². The number of fused-ring (bicyclic) bond motifs is 6. The van der Waals surface area contributed by atoms with Crippen LogP contribution in [-0.4, -0.2) is 24.9 Å². The number of hydrogen-bond donors (Lipinski definition) is 0. The first-order valence-electron chi connectivity index (χ1n) is 13.9. The molecule has 196 valence electrons. The summed E-state index contributed by atoms with van der Waals surface area (Å²) < 4.78 is 0. The van der Waals surface area contributed by atoms with E-state index in [4.69, 9.17) is 24.9 Å². The van der Waals surface area contributed by atoms with Gasteiger partial charge in [-0.1, -0.05) is 133 Å². The van der Waals surface area contributed by atoms with Crippen molar-refractivity contribution in [2.24, 2.45) is 0 Å². The SMILES string of the molecule is c1ccc(-c2nc(-c3ccccc3)nc(-c3ccc(-c4ncc5c6ccccc6c6ccccc6c5n4)cc3)n2)cc1. The van der Waals surface area contributed by atoms with Crippen LogP contribution < -0.4 is 0 Å². The molecule has 2 aromatic heterocycles. The lowest BCUT2D eigenvalue weighted by atomic mass is 9.98. The fourth-order valence-electron chi connectivity index (χ4n) is 5.51. The van der Waals surface area contributed by atoms with Gasteiger partial charge in [-0.25, -0.2) is 24.9 Å². The molecule has 0 aliphatic rings. The van der Waals surface area contributed by atoms with Crippen LogP contribution in [0.4, 0.5) is 0 Å². The highest BCUT2D eigenvalue weighted by molar-refractivity contribution is 6.24. The van der Waals surface area contributed by atoms with Gasteiger partial charge in [-0.3, -0.25) is 0 Å². The van der Waals surface area contributed by atoms with Gasteiger partial charge in [0.05, 0.1) is 5.52 Å². The highest BCUT2D eigenvalue weighted by Crippen LogP contribution is 2.34. The van der Waals surface area contributed by atoms with Gasteiger partial charge in [-0.05, 0) is 16.2 Å². The van der Waals surface area contributed by atoms with Crippen molar-refractivity contribution in [1.82, 2.24) is 24.9 Å². The molecule has 0 saturated carbocycles. The average Bonchev–Trinajstić information content (AvgIpc) is 3.09. The summed E-state index contributed by atoms with van der Waals surface area (Å²) in [4.78, 5) is 24.4. The fraction of sp³-hybridized carbons (Fsp3) is 0. The van der Waals surface area contributed by atoms with Crippen molar-refractivity contribution in [2.75, 3.05) is 0 Å². The van der Waals surface area contributed by atoms with E-state index in [9.17, 15) is 0 Å². The van der Waals surface area contributed by atoms with Gasteiger partial charge in [-0.15, -0.1) is 0 Å². The molecule has 0 unspecified atom stereocenters. The first kappa shape index (κ1) is 24.0. The van der Waals surface area contributed by atoms with Gasteiger partial charge in [0.15, 0.2) is 23.3 Å². The molecule has 8 rings (SSSR count). The maximum Gasteiger partial charge on any atom is 0.164 e. The van der Waals surface area contributed by atoms with Gasteiger partial charge in [0.2, 0.25) is 0 Å². The molecular weight excluding hydrogens is 514 g/mol. The van der Waals surface area contributed by atoms with E-state index in [2.05, 4.69) is 48.5 Å². The molecule has 0 radical (unpaired) electrons. The predicted octanol–water partition coefficient (Wildman–Crippen LogP) is 8.79. The van der Waals surface area contributed by atoms with Crippen molar-refractivity contribution < 1.29 is 0 Å². The summed E-state index contributed by atoms with van der Waals surface area (Å²) in [6, 6.07) is 45.0. The largest absolute Gasteiger partial charge is 0.236 e. The molecule has 0 spiro atoms. The topological polar surface area (TPSA) is 64.5 Å². The second-order valence-corrected chi connectivity index (χ2v) is 10.2. The summed E-state index contributed by atoms with van der Waals surface area (Å²) in [5, 5.41) is 5.74. The Morgan fingerprint density at radius 1 is 0.286 bits per heavy atom. The number of hydrogen-bond acceptors (Lipinski definition) is 5. The minimum Gasteiger partial charge on any atom is -0.236 e. The molecule has 0 atom stereocenters. The smallest absolute Gasteiger partial charge is 0.164 e. The van der Waals surface area contributed by atoms with Crippen molar-refractivity contribution in [3.8, 4) is 45.6 Å². The van der Waals surface area contributed by atoms with E-state index in [1.807, 2.05) is 91.1 Å². The highest BCUT2D eigenvalue weighted by Gasteiger charge is 2.14. The Morgan fingerprint density at radius 3 is 1.19 bits per heavy atom. The Hall–Kier alpha value is -5.81. The van der Waals surface area contributed by atoms with E-state index in [-0.39, 0.29) is 0 Å². The van der Waals surface area contributed by atoms with Gasteiger partial charge >= 0.3 is 0 Å². The Bertz CT molecular complexity index is 2140. The molecule has 0 fully saturated rings. The third-order valence-electron chi connectivity index (χ3n) is 7.58. The Labute approximate surface area is 242 Å². The summed E-state index contributed by atoms with van der Waals surface area (Å²) in [5.41, 5.74) is 4.67. The maximum atomic E-state index is 5.08. The lowest BCUT2D eigenvalue weighted by Crippen LogP contribution is -2.00. The second-order valence-electron chi connectivity index (χ2n) is 10.2. The molecule has 0 aliphatic carbocycles. The predicted molar refractivity (Wildman–Crippen MR) is 170 cm³/mol. The number of benzene rings is 6. The van der Waals surface area contributed by atoms with E-state index in [0.29, 0.717) is 23.3 Å². The van der Waals surface area contributed by atoms with Crippen LogP contribution in [0.5, 0.6) is 0 Å². The van der Waals surface area contributed by atoms with Gasteiger partial charge in [-0.2, -0.15) is 0 Å². The minimum atomic E-state index is 0.617. The van der Waals surface area contributed by atoms with Crippen molar-refractivity contribution in [1.29, 1.82) is 0 Å². The molecule has 5 nitrogen and oxygen atoms in total. The van der Waals surface area contributed by atoms with Crippen molar-refractivity contribution in [3.63, 3.8) is 0 Å². The molecule has 0 saturated heterocycles. The van der Waals surface area contributed by atoms with Gasteiger partial charge < -0.3 is 0 Å². The van der Waals surface area contributed by atoms with Crippen molar-refractivity contribution in [2.45, 2.75) is 0 Å². The molecule has 0 N–H and O–H groups in total. The summed E-state index contributed by atoms with van der Waals surface area (Å²) in [7, 11) is 0. The van der Waals surface area contributed by atoms with Crippen LogP contribution in [0.1, 0.15) is 0 Å². The van der Waals surface area contributed by atoms with Crippen LogP contribution in [0.2, 0.25) is 0 Å². The van der Waals surface area contributed by atoms with Gasteiger partial charge in [0.1, 0.15) is 0 Å². The lowest BCUT2D eigenvalue weighted by molar-refractivity contribution is 1.07. The summed E-state index contributed by atoms with van der Waals surface area (Å²) in [6.07, 6.45) is 1.95. The molecule has 0 aliphatic heterocycles. The summed E-state index contributed by atoms with van der Waals surface area (Å²) in [6.45, 7) is 0. The van der Waals surface area contributed by atoms with E-state index in [0.717, 1.165) is 43.9 Å². The van der Waals surface area contributed by atoms with Gasteiger partial charge in [0.25, 0.3) is 0 Å². The first-order valence-corrected chi connectivity index (χ1v) is 13.9. The zero-order valence-electron chi connectivity index (χ0n) is 22.5. The van der Waals surface area contributed by atoms with E-state index in [1.165, 1.54) is 10.8 Å². The standard InChI is InChI=1S/C37H23N5/c1-3-11-24(12-4-1)35-40-36(25-13-5-2-6-14-25)42-37(41-35)27-21-19-26(20-22-27)34-38-23-32-30-17-8-7-15-28(30)29-16-9-10-18-31(29)33(32)39-34/h1-23H. The summed E-state index contributed by atoms with van der Waals surface area (Å²) in [5.74, 6) is 2.58. The Kier molecular flexibility index (Phi) is 5.71. The molecular formula is C37H23N5. The first-order chi connectivity index (χ1) is 20.8. The molecule has 0 amide bonds. The van der Waals surface area contributed by atoms with Crippen molar-refractivity contribution in [3.05, 3.63) is 140 Å². The lowest BCUT2D eigenvalue weighted by Gasteiger charge is -2.11. The van der Waals surface area contributed by atoms with Crippen LogP contribution in [0.25, 0.3) is 78.0 Å². The number of rotatable bonds is 4. The quantitative estimate of drug-likeness (QED) is 0.210. The zero-order chi connectivity index (χ0) is 27.9. The monoisotopic (exact) mass is 537 g/mol. The molecule has 0 bridgehead atoms. The summed E-state index contributed by atoms with van der Waals surface area (Å²) >= 11 is 0. The van der Waals surface area contributed by atoms with Crippen molar-refractivity contribution >= 4 is 32.4 Å². The minimum absolute atomic E-state index is 0.617. The van der Waals surface area contributed by atoms with Crippen LogP contribution in [0.15, 0.2) is 140 Å². The van der Waals surface area contributed by atoms with Crippen LogP contribution in [0.3, 0.4) is 0 Å². The average molecular weight is 538 g/mol. The molecule has 6 aromatic carbocycles. The van der Waals surface area contributed by atoms with Gasteiger partial charge in [0, 0.05) is 39.2 Å². The molecule has 2 heterocycles. The number of aromatic nitrogens is 5.